The van der Waals surface area contributed by atoms with Gasteiger partial charge in [0.1, 0.15) is 5.52 Å². The molecule has 0 aliphatic rings. The molecule has 108 valence electrons. The number of aromatic nitrogens is 3. The summed E-state index contributed by atoms with van der Waals surface area (Å²) >= 11 is 15.8. The van der Waals surface area contributed by atoms with E-state index in [4.69, 9.17) is 33.7 Å². The Morgan fingerprint density at radius 2 is 1.90 bits per heavy atom. The number of nitrogens with zero attached hydrogens (tertiary/aromatic N) is 3. The number of hydrogen-bond donors (Lipinski definition) is 1. The second-order valence-corrected chi connectivity index (χ2v) is 5.81. The summed E-state index contributed by atoms with van der Waals surface area (Å²) < 4.78 is 7.47. The summed E-state index contributed by atoms with van der Waals surface area (Å²) in [5.41, 5.74) is 7.78. The van der Waals surface area contributed by atoms with E-state index in [0.29, 0.717) is 37.2 Å². The third-order valence-electron chi connectivity index (χ3n) is 2.97. The maximum atomic E-state index is 6.31. The summed E-state index contributed by atoms with van der Waals surface area (Å²) in [4.78, 5) is 8.64. The van der Waals surface area contributed by atoms with Crippen molar-refractivity contribution >= 4 is 56.2 Å². The van der Waals surface area contributed by atoms with Gasteiger partial charge in [-0.05, 0) is 34.1 Å². The van der Waals surface area contributed by atoms with Crippen LogP contribution in [0, 0.1) is 0 Å². The van der Waals surface area contributed by atoms with Crippen molar-refractivity contribution < 1.29 is 4.74 Å². The molecule has 1 aromatic carbocycles. The van der Waals surface area contributed by atoms with E-state index in [0.717, 1.165) is 0 Å². The Balaban J connectivity index is 2.34. The van der Waals surface area contributed by atoms with Crippen LogP contribution in [0.2, 0.25) is 10.0 Å². The Kier molecular flexibility index (Phi) is 3.69. The quantitative estimate of drug-likeness (QED) is 0.672. The molecule has 0 aliphatic carbocycles. The van der Waals surface area contributed by atoms with Crippen molar-refractivity contribution in [3.63, 3.8) is 0 Å². The van der Waals surface area contributed by atoms with Crippen LogP contribution >= 0.6 is 39.1 Å². The molecule has 0 saturated heterocycles. The standard InChI is InChI=1S/C13H9BrCl2N4O/c1-21-9-5-3-7-12(19-9)20(13(17)18-7)8-4-2-6(14)10(15)11(8)16/h2-5H,1H3,(H2,17,18). The van der Waals surface area contributed by atoms with E-state index >= 15 is 0 Å². The lowest BCUT2D eigenvalue weighted by molar-refractivity contribution is 0.399. The molecule has 0 saturated carbocycles. The molecule has 8 heteroatoms. The SMILES string of the molecule is COc1ccc2nc(N)n(-c3ccc(Br)c(Cl)c3Cl)c2n1. The number of halogens is 3. The van der Waals surface area contributed by atoms with Crippen molar-refractivity contribution in [2.24, 2.45) is 0 Å². The van der Waals surface area contributed by atoms with E-state index in [1.54, 1.807) is 35.9 Å². The summed E-state index contributed by atoms with van der Waals surface area (Å²) in [6.45, 7) is 0. The van der Waals surface area contributed by atoms with E-state index in [-0.39, 0.29) is 5.95 Å². The topological polar surface area (TPSA) is 66.0 Å². The Morgan fingerprint density at radius 1 is 1.14 bits per heavy atom. The number of pyridine rings is 1. The first-order valence-corrected chi connectivity index (χ1v) is 7.40. The van der Waals surface area contributed by atoms with Crippen LogP contribution in [0.15, 0.2) is 28.7 Å². The highest BCUT2D eigenvalue weighted by Crippen LogP contribution is 2.37. The summed E-state index contributed by atoms with van der Waals surface area (Å²) in [5.74, 6) is 0.731. The van der Waals surface area contributed by atoms with Crippen LogP contribution in [-0.2, 0) is 0 Å². The van der Waals surface area contributed by atoms with E-state index in [1.165, 1.54) is 0 Å². The largest absolute Gasteiger partial charge is 0.481 e. The lowest BCUT2D eigenvalue weighted by Gasteiger charge is -2.10. The van der Waals surface area contributed by atoms with E-state index in [9.17, 15) is 0 Å². The zero-order chi connectivity index (χ0) is 15.1. The Hall–Kier alpha value is -1.50. The van der Waals surface area contributed by atoms with Gasteiger partial charge in [0.05, 0.1) is 22.8 Å². The number of imidazole rings is 1. The third-order valence-corrected chi connectivity index (χ3v) is 4.73. The lowest BCUT2D eigenvalue weighted by atomic mass is 10.3. The van der Waals surface area contributed by atoms with Gasteiger partial charge in [0, 0.05) is 10.5 Å². The lowest BCUT2D eigenvalue weighted by Crippen LogP contribution is -2.03. The average Bonchev–Trinajstić information content (AvgIpc) is 2.80. The smallest absolute Gasteiger partial charge is 0.215 e. The normalized spacial score (nSPS) is 11.0. The van der Waals surface area contributed by atoms with Crippen LogP contribution in [-0.4, -0.2) is 21.6 Å². The predicted octanol–water partition coefficient (Wildman–Crippen LogP) is 4.08. The Morgan fingerprint density at radius 3 is 2.62 bits per heavy atom. The molecule has 0 spiro atoms. The molecule has 0 unspecified atom stereocenters. The summed E-state index contributed by atoms with van der Waals surface area (Å²) in [5, 5.41) is 0.764. The molecule has 5 nitrogen and oxygen atoms in total. The minimum atomic E-state index is 0.269. The van der Waals surface area contributed by atoms with E-state index in [2.05, 4.69) is 25.9 Å². The fourth-order valence-corrected chi connectivity index (χ4v) is 2.85. The van der Waals surface area contributed by atoms with Gasteiger partial charge in [-0.2, -0.15) is 4.98 Å². The van der Waals surface area contributed by atoms with Gasteiger partial charge in [0.15, 0.2) is 5.65 Å². The van der Waals surface area contributed by atoms with Gasteiger partial charge in [-0.15, -0.1) is 0 Å². The number of methoxy groups -OCH3 is 1. The number of benzene rings is 1. The maximum Gasteiger partial charge on any atom is 0.215 e. The molecule has 2 heterocycles. The van der Waals surface area contributed by atoms with Crippen LogP contribution in [0.25, 0.3) is 16.9 Å². The second kappa shape index (κ2) is 5.36. The van der Waals surface area contributed by atoms with Crippen molar-refractivity contribution in [2.45, 2.75) is 0 Å². The molecule has 21 heavy (non-hydrogen) atoms. The molecule has 0 aliphatic heterocycles. The number of rotatable bonds is 2. The number of anilines is 1. The van der Waals surface area contributed by atoms with Gasteiger partial charge in [0.2, 0.25) is 11.8 Å². The molecule has 2 aromatic heterocycles. The highest BCUT2D eigenvalue weighted by atomic mass is 79.9. The molecule has 0 fully saturated rings. The molecule has 0 atom stereocenters. The highest BCUT2D eigenvalue weighted by Gasteiger charge is 2.17. The zero-order valence-corrected chi connectivity index (χ0v) is 13.9. The van der Waals surface area contributed by atoms with Crippen LogP contribution in [0.1, 0.15) is 0 Å². The van der Waals surface area contributed by atoms with Gasteiger partial charge in [-0.3, -0.25) is 4.57 Å². The second-order valence-electron chi connectivity index (χ2n) is 4.20. The van der Waals surface area contributed by atoms with Gasteiger partial charge in [0.25, 0.3) is 0 Å². The first-order chi connectivity index (χ1) is 10.0. The summed E-state index contributed by atoms with van der Waals surface area (Å²) in [6.07, 6.45) is 0. The predicted molar refractivity (Wildman–Crippen MR) is 87.5 cm³/mol. The van der Waals surface area contributed by atoms with Gasteiger partial charge in [-0.25, -0.2) is 4.98 Å². The van der Waals surface area contributed by atoms with Gasteiger partial charge in [-0.1, -0.05) is 23.2 Å². The summed E-state index contributed by atoms with van der Waals surface area (Å²) in [7, 11) is 1.54. The average molecular weight is 388 g/mol. The number of hydrogen-bond acceptors (Lipinski definition) is 4. The summed E-state index contributed by atoms with van der Waals surface area (Å²) in [6, 6.07) is 7.07. The third kappa shape index (κ3) is 2.33. The van der Waals surface area contributed by atoms with Crippen LogP contribution < -0.4 is 10.5 Å². The highest BCUT2D eigenvalue weighted by molar-refractivity contribution is 9.10. The molecule has 2 N–H and O–H groups in total. The minimum absolute atomic E-state index is 0.269. The zero-order valence-electron chi connectivity index (χ0n) is 10.8. The molecule has 3 aromatic rings. The van der Waals surface area contributed by atoms with Crippen LogP contribution in [0.3, 0.4) is 0 Å². The molecule has 0 amide bonds. The van der Waals surface area contributed by atoms with Gasteiger partial charge < -0.3 is 10.5 Å². The van der Waals surface area contributed by atoms with Gasteiger partial charge >= 0.3 is 0 Å². The maximum absolute atomic E-state index is 6.31. The monoisotopic (exact) mass is 386 g/mol. The molecule has 3 rings (SSSR count). The number of ether oxygens (including phenoxy) is 1. The molecular formula is C13H9BrCl2N4O. The number of nitrogen functional groups attached to an aromatic ring is 1. The molecular weight excluding hydrogens is 379 g/mol. The van der Waals surface area contributed by atoms with Crippen LogP contribution in [0.4, 0.5) is 5.95 Å². The minimum Gasteiger partial charge on any atom is -0.481 e. The van der Waals surface area contributed by atoms with Crippen molar-refractivity contribution in [1.82, 2.24) is 14.5 Å². The van der Waals surface area contributed by atoms with E-state index in [1.807, 2.05) is 0 Å². The van der Waals surface area contributed by atoms with Crippen molar-refractivity contribution in [3.05, 3.63) is 38.8 Å². The number of nitrogens with two attached hydrogens (primary N) is 1. The Bertz CT molecular complexity index is 850. The first-order valence-electron chi connectivity index (χ1n) is 5.85. The van der Waals surface area contributed by atoms with Crippen molar-refractivity contribution in [3.8, 4) is 11.6 Å². The van der Waals surface area contributed by atoms with Crippen molar-refractivity contribution in [1.29, 1.82) is 0 Å². The number of fused-ring (bicyclic) bond motifs is 1. The first kappa shape index (κ1) is 14.4. The van der Waals surface area contributed by atoms with Crippen LogP contribution in [0.5, 0.6) is 5.88 Å². The fraction of sp³-hybridized carbons (Fsp3) is 0.0769. The molecule has 0 radical (unpaired) electrons. The van der Waals surface area contributed by atoms with E-state index < -0.39 is 0 Å². The van der Waals surface area contributed by atoms with Crippen molar-refractivity contribution in [2.75, 3.05) is 12.8 Å². The Labute approximate surface area is 138 Å². The fourth-order valence-electron chi connectivity index (χ4n) is 2.00. The molecule has 0 bridgehead atoms.